The zero-order chi connectivity index (χ0) is 24.9. The van der Waals surface area contributed by atoms with Crippen LogP contribution in [-0.2, 0) is 16.1 Å². The molecule has 2 aromatic carbocycles. The topological polar surface area (TPSA) is 118 Å². The molecule has 9 heteroatoms. The SMILES string of the molecule is CCC(C)[C@H](NC(=O)c1cnc(CNC(=O)OCC2c3ccccc3-c3ccccc32)s1)C(=O)O. The van der Waals surface area contributed by atoms with E-state index in [1.54, 1.807) is 6.92 Å². The first-order valence-electron chi connectivity index (χ1n) is 11.5. The Morgan fingerprint density at radius 3 is 2.31 bits per heavy atom. The van der Waals surface area contributed by atoms with Gasteiger partial charge in [-0.25, -0.2) is 14.6 Å². The van der Waals surface area contributed by atoms with Crippen LogP contribution < -0.4 is 10.6 Å². The lowest BCUT2D eigenvalue weighted by atomic mass is 9.98. The summed E-state index contributed by atoms with van der Waals surface area (Å²) < 4.78 is 5.52. The van der Waals surface area contributed by atoms with Gasteiger partial charge < -0.3 is 20.5 Å². The van der Waals surface area contributed by atoms with Crippen molar-refractivity contribution in [2.75, 3.05) is 6.61 Å². The number of alkyl carbamates (subject to hydrolysis) is 1. The number of hydrogen-bond donors (Lipinski definition) is 3. The van der Waals surface area contributed by atoms with E-state index in [0.29, 0.717) is 11.4 Å². The molecule has 0 radical (unpaired) electrons. The summed E-state index contributed by atoms with van der Waals surface area (Å²) in [5, 5.41) is 15.1. The Kier molecular flexibility index (Phi) is 7.45. The zero-order valence-electron chi connectivity index (χ0n) is 19.5. The van der Waals surface area contributed by atoms with Gasteiger partial charge in [0.15, 0.2) is 0 Å². The van der Waals surface area contributed by atoms with Gasteiger partial charge in [-0.15, -0.1) is 11.3 Å². The van der Waals surface area contributed by atoms with Crippen molar-refractivity contribution < 1.29 is 24.2 Å². The molecule has 2 amide bonds. The number of rotatable bonds is 9. The van der Waals surface area contributed by atoms with Gasteiger partial charge in [-0.2, -0.15) is 0 Å². The number of hydrogen-bond acceptors (Lipinski definition) is 6. The maximum absolute atomic E-state index is 12.5. The van der Waals surface area contributed by atoms with Gasteiger partial charge in [0.05, 0.1) is 12.7 Å². The molecule has 0 fully saturated rings. The fraction of sp³-hybridized carbons (Fsp3) is 0.308. The van der Waals surface area contributed by atoms with Gasteiger partial charge in [-0.05, 0) is 28.2 Å². The Balaban J connectivity index is 1.31. The number of aliphatic carboxylic acids is 1. The van der Waals surface area contributed by atoms with Gasteiger partial charge >= 0.3 is 12.1 Å². The number of carbonyl (C=O) groups is 3. The third-order valence-corrected chi connectivity index (χ3v) is 7.27. The first-order chi connectivity index (χ1) is 16.9. The lowest BCUT2D eigenvalue weighted by Crippen LogP contribution is -2.44. The second kappa shape index (κ2) is 10.7. The average molecular weight is 494 g/mol. The van der Waals surface area contributed by atoms with Crippen LogP contribution in [0.25, 0.3) is 11.1 Å². The first kappa shape index (κ1) is 24.4. The molecule has 2 atom stereocenters. The molecule has 1 heterocycles. The first-order valence-corrected chi connectivity index (χ1v) is 12.3. The van der Waals surface area contributed by atoms with E-state index in [0.717, 1.165) is 33.6 Å². The van der Waals surface area contributed by atoms with E-state index >= 15 is 0 Å². The highest BCUT2D eigenvalue weighted by molar-refractivity contribution is 7.13. The molecule has 0 aliphatic heterocycles. The van der Waals surface area contributed by atoms with Gasteiger partial charge in [0.2, 0.25) is 0 Å². The third-order valence-electron chi connectivity index (χ3n) is 6.27. The van der Waals surface area contributed by atoms with E-state index in [4.69, 9.17) is 4.74 Å². The van der Waals surface area contributed by atoms with Gasteiger partial charge in [0.1, 0.15) is 22.5 Å². The predicted octanol–water partition coefficient (Wildman–Crippen LogP) is 4.41. The molecule has 182 valence electrons. The van der Waals surface area contributed by atoms with Gasteiger partial charge in [-0.1, -0.05) is 68.8 Å². The molecular formula is C26H27N3O5S. The van der Waals surface area contributed by atoms with Crippen LogP contribution >= 0.6 is 11.3 Å². The highest BCUT2D eigenvalue weighted by atomic mass is 32.1. The van der Waals surface area contributed by atoms with E-state index in [1.165, 1.54) is 6.20 Å². The van der Waals surface area contributed by atoms with E-state index < -0.39 is 24.0 Å². The molecule has 0 saturated carbocycles. The van der Waals surface area contributed by atoms with Crippen LogP contribution in [0, 0.1) is 5.92 Å². The Bertz CT molecular complexity index is 1200. The summed E-state index contributed by atoms with van der Waals surface area (Å²) in [4.78, 5) is 40.7. The maximum atomic E-state index is 12.5. The van der Waals surface area contributed by atoms with Crippen molar-refractivity contribution in [3.63, 3.8) is 0 Å². The maximum Gasteiger partial charge on any atom is 0.407 e. The summed E-state index contributed by atoms with van der Waals surface area (Å²) in [6, 6.07) is 15.3. The quantitative estimate of drug-likeness (QED) is 0.406. The Morgan fingerprint density at radius 1 is 1.09 bits per heavy atom. The molecule has 1 aliphatic rings. The highest BCUT2D eigenvalue weighted by Gasteiger charge is 2.29. The number of fused-ring (bicyclic) bond motifs is 3. The summed E-state index contributed by atoms with van der Waals surface area (Å²) in [6.07, 6.45) is 1.43. The number of nitrogens with one attached hydrogen (secondary N) is 2. The van der Waals surface area contributed by atoms with Crippen LogP contribution in [0.5, 0.6) is 0 Å². The van der Waals surface area contributed by atoms with E-state index in [1.807, 2.05) is 31.2 Å². The fourth-order valence-electron chi connectivity index (χ4n) is 4.19. The zero-order valence-corrected chi connectivity index (χ0v) is 20.3. The summed E-state index contributed by atoms with van der Waals surface area (Å²) in [5.74, 6) is -1.81. The third kappa shape index (κ3) is 5.35. The molecule has 8 nitrogen and oxygen atoms in total. The van der Waals surface area contributed by atoms with Crippen LogP contribution in [0.15, 0.2) is 54.7 Å². The number of carbonyl (C=O) groups excluding carboxylic acids is 2. The molecule has 0 spiro atoms. The van der Waals surface area contributed by atoms with Gasteiger partial charge in [0.25, 0.3) is 5.91 Å². The second-order valence-corrected chi connectivity index (χ2v) is 9.59. The number of thiazole rings is 1. The standard InChI is InChI=1S/C26H27N3O5S/c1-3-15(2)23(25(31)32)29-24(30)21-12-27-22(35-21)13-28-26(33)34-14-20-18-10-6-4-8-16(18)17-9-5-7-11-19(17)20/h4-12,15,20,23H,3,13-14H2,1-2H3,(H,28,33)(H,29,30)(H,31,32)/t15?,23-/m0/s1. The lowest BCUT2D eigenvalue weighted by molar-refractivity contribution is -0.140. The molecule has 3 N–H and O–H groups in total. The molecule has 0 bridgehead atoms. The number of ether oxygens (including phenoxy) is 1. The minimum Gasteiger partial charge on any atom is -0.480 e. The summed E-state index contributed by atoms with van der Waals surface area (Å²) >= 11 is 1.09. The van der Waals surface area contributed by atoms with E-state index in [-0.39, 0.29) is 29.9 Å². The number of carboxylic acids is 1. The molecule has 4 rings (SSSR count). The monoisotopic (exact) mass is 493 g/mol. The minimum atomic E-state index is -1.07. The molecule has 0 saturated heterocycles. The Morgan fingerprint density at radius 2 is 1.71 bits per heavy atom. The normalized spacial score (nSPS) is 13.9. The smallest absolute Gasteiger partial charge is 0.407 e. The van der Waals surface area contributed by atoms with Crippen molar-refractivity contribution in [3.8, 4) is 11.1 Å². The fourth-order valence-corrected chi connectivity index (χ4v) is 4.95. The average Bonchev–Trinajstić information content (AvgIpc) is 3.47. The van der Waals surface area contributed by atoms with Crippen molar-refractivity contribution in [1.29, 1.82) is 0 Å². The second-order valence-electron chi connectivity index (χ2n) is 8.47. The number of aromatic nitrogens is 1. The van der Waals surface area contributed by atoms with Crippen LogP contribution in [0.2, 0.25) is 0 Å². The number of amides is 2. The van der Waals surface area contributed by atoms with Crippen molar-refractivity contribution in [1.82, 2.24) is 15.6 Å². The van der Waals surface area contributed by atoms with Crippen LogP contribution in [0.4, 0.5) is 4.79 Å². The molecule has 3 aromatic rings. The van der Waals surface area contributed by atoms with Crippen molar-refractivity contribution >= 4 is 29.3 Å². The van der Waals surface area contributed by atoms with Crippen molar-refractivity contribution in [3.05, 3.63) is 75.7 Å². The van der Waals surface area contributed by atoms with Crippen LogP contribution in [0.1, 0.15) is 52.0 Å². The highest BCUT2D eigenvalue weighted by Crippen LogP contribution is 2.44. The molecule has 1 unspecified atom stereocenters. The largest absolute Gasteiger partial charge is 0.480 e. The Labute approximate surface area is 207 Å². The molecule has 35 heavy (non-hydrogen) atoms. The Hall–Kier alpha value is -3.72. The molecular weight excluding hydrogens is 466 g/mol. The predicted molar refractivity (Wildman–Crippen MR) is 132 cm³/mol. The summed E-state index contributed by atoms with van der Waals surface area (Å²) in [7, 11) is 0. The number of nitrogens with zero attached hydrogens (tertiary/aromatic N) is 1. The van der Waals surface area contributed by atoms with Crippen LogP contribution in [-0.4, -0.2) is 40.7 Å². The van der Waals surface area contributed by atoms with Gasteiger partial charge in [0, 0.05) is 5.92 Å². The molecule has 1 aliphatic carbocycles. The van der Waals surface area contributed by atoms with E-state index in [9.17, 15) is 19.5 Å². The lowest BCUT2D eigenvalue weighted by Gasteiger charge is -2.19. The number of carboxylic acid groups (broad SMARTS) is 1. The summed E-state index contributed by atoms with van der Waals surface area (Å²) in [5.41, 5.74) is 4.58. The summed E-state index contributed by atoms with van der Waals surface area (Å²) in [6.45, 7) is 3.95. The molecule has 1 aromatic heterocycles. The van der Waals surface area contributed by atoms with Crippen molar-refractivity contribution in [2.45, 2.75) is 38.8 Å². The van der Waals surface area contributed by atoms with Gasteiger partial charge in [-0.3, -0.25) is 4.79 Å². The number of benzene rings is 2. The van der Waals surface area contributed by atoms with Crippen LogP contribution in [0.3, 0.4) is 0 Å². The van der Waals surface area contributed by atoms with E-state index in [2.05, 4.69) is 39.9 Å². The minimum absolute atomic E-state index is 0.0315. The van der Waals surface area contributed by atoms with Crippen molar-refractivity contribution in [2.24, 2.45) is 5.92 Å².